The zero-order valence-corrected chi connectivity index (χ0v) is 15.4. The summed E-state index contributed by atoms with van der Waals surface area (Å²) in [4.78, 5) is 27.5. The van der Waals surface area contributed by atoms with Crippen molar-refractivity contribution in [3.63, 3.8) is 0 Å². The molecule has 5 nitrogen and oxygen atoms in total. The van der Waals surface area contributed by atoms with Crippen LogP contribution in [0.5, 0.6) is 0 Å². The molecule has 1 fully saturated rings. The fourth-order valence-corrected chi connectivity index (χ4v) is 4.17. The monoisotopic (exact) mass is 369 g/mol. The van der Waals surface area contributed by atoms with Crippen LogP contribution >= 0.6 is 0 Å². The fraction of sp³-hybridized carbons (Fsp3) is 0.429. The maximum atomic E-state index is 13.8. The molecule has 0 saturated heterocycles. The van der Waals surface area contributed by atoms with Crippen molar-refractivity contribution in [3.05, 3.63) is 54.1 Å². The molecule has 0 bridgehead atoms. The lowest BCUT2D eigenvalue weighted by atomic mass is 9.87. The van der Waals surface area contributed by atoms with Crippen molar-refractivity contribution in [2.45, 2.75) is 51.2 Å². The van der Waals surface area contributed by atoms with Crippen LogP contribution in [-0.2, 0) is 16.1 Å². The van der Waals surface area contributed by atoms with Crippen molar-refractivity contribution >= 4 is 17.5 Å². The minimum atomic E-state index is -0.789. The van der Waals surface area contributed by atoms with Gasteiger partial charge in [0.25, 0.3) is 0 Å². The molecule has 1 saturated carbocycles. The summed E-state index contributed by atoms with van der Waals surface area (Å²) in [6, 6.07) is 8.89. The molecule has 1 atom stereocenters. The summed E-state index contributed by atoms with van der Waals surface area (Å²) in [7, 11) is 0. The minimum absolute atomic E-state index is 0.128. The normalized spacial score (nSPS) is 25.2. The highest BCUT2D eigenvalue weighted by atomic mass is 19.1. The summed E-state index contributed by atoms with van der Waals surface area (Å²) in [5, 5.41) is 3.13. The predicted molar refractivity (Wildman–Crippen MR) is 101 cm³/mol. The van der Waals surface area contributed by atoms with Crippen LogP contribution in [0.4, 0.5) is 10.1 Å². The van der Waals surface area contributed by atoms with E-state index in [0.29, 0.717) is 11.6 Å². The van der Waals surface area contributed by atoms with Crippen LogP contribution in [0.1, 0.15) is 44.3 Å². The van der Waals surface area contributed by atoms with Crippen LogP contribution in [0.3, 0.4) is 0 Å². The number of carbonyl (C=O) groups is 2. The molecule has 0 unspecified atom stereocenters. The van der Waals surface area contributed by atoms with Crippen LogP contribution in [0.15, 0.2) is 42.6 Å². The standard InChI is InChI=1S/C21H24FN3O2/c1-14-7-9-16(10-8-14)23-21(27)20-18-6-3-11-24(18)13-19(26)25(20)17-5-2-4-15(22)12-17/h2-6,11-12,14,16,20H,7-10,13H2,1H3,(H,23,27)/t14?,16?,20-/m1/s1. The molecule has 2 amide bonds. The van der Waals surface area contributed by atoms with Gasteiger partial charge in [-0.05, 0) is 61.9 Å². The topological polar surface area (TPSA) is 54.3 Å². The SMILES string of the molecule is CC1CCC(NC(=O)[C@H]2c3cccn3CC(=O)N2c2cccc(F)c2)CC1. The van der Waals surface area contributed by atoms with E-state index in [1.165, 1.54) is 17.0 Å². The third-order valence-corrected chi connectivity index (χ3v) is 5.67. The van der Waals surface area contributed by atoms with Crippen molar-refractivity contribution in [1.82, 2.24) is 9.88 Å². The Morgan fingerprint density at radius 3 is 2.67 bits per heavy atom. The number of benzene rings is 1. The van der Waals surface area contributed by atoms with Crippen LogP contribution in [-0.4, -0.2) is 22.4 Å². The Labute approximate surface area is 158 Å². The number of hydrogen-bond acceptors (Lipinski definition) is 2. The second-order valence-corrected chi connectivity index (χ2v) is 7.67. The second kappa shape index (κ2) is 7.18. The summed E-state index contributed by atoms with van der Waals surface area (Å²) < 4.78 is 15.6. The molecular formula is C21H24FN3O2. The number of carbonyl (C=O) groups excluding carboxylic acids is 2. The molecule has 2 aromatic rings. The van der Waals surface area contributed by atoms with Crippen LogP contribution in [0.25, 0.3) is 0 Å². The molecule has 1 aromatic heterocycles. The van der Waals surface area contributed by atoms with Gasteiger partial charge in [-0.25, -0.2) is 4.39 Å². The first-order valence-corrected chi connectivity index (χ1v) is 9.56. The Morgan fingerprint density at radius 1 is 1.15 bits per heavy atom. The maximum absolute atomic E-state index is 13.8. The third kappa shape index (κ3) is 3.48. The summed E-state index contributed by atoms with van der Waals surface area (Å²) in [6.45, 7) is 2.37. The Morgan fingerprint density at radius 2 is 1.93 bits per heavy atom. The Hall–Kier alpha value is -2.63. The molecule has 4 rings (SSSR count). The molecule has 0 spiro atoms. The Bertz CT molecular complexity index is 855. The van der Waals surface area contributed by atoms with Gasteiger partial charge in [-0.15, -0.1) is 0 Å². The van der Waals surface area contributed by atoms with Crippen LogP contribution in [0.2, 0.25) is 0 Å². The summed E-state index contributed by atoms with van der Waals surface area (Å²) in [5.41, 5.74) is 1.16. The summed E-state index contributed by atoms with van der Waals surface area (Å²) in [5.74, 6) is -0.161. The first-order chi connectivity index (χ1) is 13.0. The van der Waals surface area contributed by atoms with Gasteiger partial charge in [-0.1, -0.05) is 13.0 Å². The number of nitrogens with zero attached hydrogens (tertiary/aromatic N) is 2. The number of rotatable bonds is 3. The highest BCUT2D eigenvalue weighted by molar-refractivity contribution is 6.02. The molecule has 142 valence electrons. The van der Waals surface area contributed by atoms with E-state index in [9.17, 15) is 14.0 Å². The van der Waals surface area contributed by atoms with Crippen molar-refractivity contribution in [3.8, 4) is 0 Å². The van der Waals surface area contributed by atoms with Crippen molar-refractivity contribution in [2.75, 3.05) is 4.90 Å². The molecule has 1 N–H and O–H groups in total. The van der Waals surface area contributed by atoms with Gasteiger partial charge in [0, 0.05) is 17.9 Å². The fourth-order valence-electron chi connectivity index (χ4n) is 4.17. The number of anilines is 1. The number of hydrogen-bond donors (Lipinski definition) is 1. The zero-order valence-electron chi connectivity index (χ0n) is 15.4. The smallest absolute Gasteiger partial charge is 0.249 e. The van der Waals surface area contributed by atoms with E-state index in [-0.39, 0.29) is 24.4 Å². The molecular weight excluding hydrogens is 345 g/mol. The maximum Gasteiger partial charge on any atom is 0.249 e. The van der Waals surface area contributed by atoms with Gasteiger partial charge in [-0.3, -0.25) is 14.5 Å². The summed E-state index contributed by atoms with van der Waals surface area (Å²) in [6.07, 6.45) is 5.90. The molecule has 0 radical (unpaired) electrons. The van der Waals surface area contributed by atoms with Crippen LogP contribution < -0.4 is 10.2 Å². The van der Waals surface area contributed by atoms with Crippen LogP contribution in [0, 0.1) is 11.7 Å². The predicted octanol–water partition coefficient (Wildman–Crippen LogP) is 3.41. The Kier molecular flexibility index (Phi) is 4.72. The number of amides is 2. The number of fused-ring (bicyclic) bond motifs is 1. The summed E-state index contributed by atoms with van der Waals surface area (Å²) >= 11 is 0. The molecule has 2 heterocycles. The van der Waals surface area contributed by atoms with Gasteiger partial charge in [0.05, 0.1) is 5.69 Å². The lowest BCUT2D eigenvalue weighted by Gasteiger charge is -2.37. The second-order valence-electron chi connectivity index (χ2n) is 7.67. The average molecular weight is 369 g/mol. The number of halogens is 1. The van der Waals surface area contributed by atoms with Crippen molar-refractivity contribution < 1.29 is 14.0 Å². The minimum Gasteiger partial charge on any atom is -0.351 e. The van der Waals surface area contributed by atoms with Gasteiger partial charge in [0.2, 0.25) is 11.8 Å². The van der Waals surface area contributed by atoms with Crippen molar-refractivity contribution in [1.29, 1.82) is 0 Å². The first kappa shape index (κ1) is 17.8. The molecule has 1 aromatic carbocycles. The first-order valence-electron chi connectivity index (χ1n) is 9.56. The molecule has 2 aliphatic rings. The van der Waals surface area contributed by atoms with Gasteiger partial charge in [0.1, 0.15) is 12.4 Å². The number of aromatic nitrogens is 1. The van der Waals surface area contributed by atoms with E-state index >= 15 is 0 Å². The van der Waals surface area contributed by atoms with Gasteiger partial charge < -0.3 is 9.88 Å². The lowest BCUT2D eigenvalue weighted by molar-refractivity contribution is -0.128. The van der Waals surface area contributed by atoms with E-state index in [2.05, 4.69) is 12.2 Å². The quantitative estimate of drug-likeness (QED) is 0.901. The van der Waals surface area contributed by atoms with Gasteiger partial charge >= 0.3 is 0 Å². The highest BCUT2D eigenvalue weighted by Gasteiger charge is 2.39. The molecule has 1 aliphatic carbocycles. The highest BCUT2D eigenvalue weighted by Crippen LogP contribution is 2.33. The zero-order chi connectivity index (χ0) is 19.0. The lowest BCUT2D eigenvalue weighted by Crippen LogP contribution is -2.51. The molecule has 27 heavy (non-hydrogen) atoms. The molecule has 6 heteroatoms. The van der Waals surface area contributed by atoms with Gasteiger partial charge in [0.15, 0.2) is 6.04 Å². The van der Waals surface area contributed by atoms with E-state index in [4.69, 9.17) is 0 Å². The van der Waals surface area contributed by atoms with Gasteiger partial charge in [-0.2, -0.15) is 0 Å². The number of nitrogens with one attached hydrogen (secondary N) is 1. The van der Waals surface area contributed by atoms with E-state index in [0.717, 1.165) is 31.4 Å². The van der Waals surface area contributed by atoms with E-state index in [1.807, 2.05) is 12.1 Å². The Balaban J connectivity index is 1.65. The van der Waals surface area contributed by atoms with E-state index in [1.54, 1.807) is 22.9 Å². The van der Waals surface area contributed by atoms with Crippen molar-refractivity contribution in [2.24, 2.45) is 5.92 Å². The average Bonchev–Trinajstić information content (AvgIpc) is 3.10. The van der Waals surface area contributed by atoms with E-state index < -0.39 is 11.9 Å². The third-order valence-electron chi connectivity index (χ3n) is 5.67. The largest absolute Gasteiger partial charge is 0.351 e. The molecule has 1 aliphatic heterocycles.